The van der Waals surface area contributed by atoms with Crippen LogP contribution in [0.3, 0.4) is 0 Å². The second-order valence-corrected chi connectivity index (χ2v) is 4.99. The van der Waals surface area contributed by atoms with Gasteiger partial charge in [0.1, 0.15) is 22.8 Å². The Hall–Kier alpha value is -2.75. The molecule has 0 aliphatic carbocycles. The standard InChI is InChI=1S/C18H16O4/c1-3-15-17(14-10-12(19)6-9-16(14)22-15)18(20)11-4-7-13(21-2)8-5-11/h4-10,19H,3H2,1-2H3. The van der Waals surface area contributed by atoms with Crippen molar-refractivity contribution in [2.24, 2.45) is 0 Å². The number of methoxy groups -OCH3 is 1. The number of rotatable bonds is 4. The van der Waals surface area contributed by atoms with E-state index in [-0.39, 0.29) is 11.5 Å². The minimum Gasteiger partial charge on any atom is -0.508 e. The minimum atomic E-state index is -0.121. The number of fused-ring (bicyclic) bond motifs is 1. The molecule has 3 rings (SSSR count). The number of carbonyl (C=O) groups is 1. The lowest BCUT2D eigenvalue weighted by molar-refractivity contribution is 0.103. The molecule has 0 saturated heterocycles. The van der Waals surface area contributed by atoms with Crippen LogP contribution in [0.5, 0.6) is 11.5 Å². The largest absolute Gasteiger partial charge is 0.508 e. The van der Waals surface area contributed by atoms with E-state index in [9.17, 15) is 9.90 Å². The van der Waals surface area contributed by atoms with Gasteiger partial charge in [-0.15, -0.1) is 0 Å². The minimum absolute atomic E-state index is 0.111. The van der Waals surface area contributed by atoms with E-state index in [0.29, 0.717) is 40.0 Å². The maximum absolute atomic E-state index is 12.8. The Labute approximate surface area is 127 Å². The molecule has 0 spiro atoms. The quantitative estimate of drug-likeness (QED) is 0.741. The molecule has 0 atom stereocenters. The first-order valence-corrected chi connectivity index (χ1v) is 7.07. The average Bonchev–Trinajstić information content (AvgIpc) is 2.92. The van der Waals surface area contributed by atoms with Gasteiger partial charge in [0.15, 0.2) is 5.78 Å². The monoisotopic (exact) mass is 296 g/mol. The number of hydrogen-bond acceptors (Lipinski definition) is 4. The Morgan fingerprint density at radius 2 is 1.91 bits per heavy atom. The Morgan fingerprint density at radius 1 is 1.18 bits per heavy atom. The molecule has 0 unspecified atom stereocenters. The molecular weight excluding hydrogens is 280 g/mol. The predicted molar refractivity (Wildman–Crippen MR) is 83.7 cm³/mol. The van der Waals surface area contributed by atoms with E-state index in [1.54, 1.807) is 49.6 Å². The van der Waals surface area contributed by atoms with Crippen molar-refractivity contribution >= 4 is 16.8 Å². The van der Waals surface area contributed by atoms with Crippen molar-refractivity contribution in [3.8, 4) is 11.5 Å². The highest BCUT2D eigenvalue weighted by Crippen LogP contribution is 2.31. The van der Waals surface area contributed by atoms with Crippen LogP contribution in [0, 0.1) is 0 Å². The molecule has 1 heterocycles. The van der Waals surface area contributed by atoms with Crippen LogP contribution in [0.25, 0.3) is 11.0 Å². The number of hydrogen-bond donors (Lipinski definition) is 1. The molecule has 1 aromatic heterocycles. The zero-order valence-corrected chi connectivity index (χ0v) is 12.4. The SMILES string of the molecule is CCc1oc2ccc(O)cc2c1C(=O)c1ccc(OC)cc1. The average molecular weight is 296 g/mol. The number of carbonyl (C=O) groups excluding carboxylic acids is 1. The van der Waals surface area contributed by atoms with Crippen LogP contribution in [0.4, 0.5) is 0 Å². The Balaban J connectivity index is 2.14. The summed E-state index contributed by atoms with van der Waals surface area (Å²) in [5.74, 6) is 1.31. The highest BCUT2D eigenvalue weighted by molar-refractivity contribution is 6.17. The van der Waals surface area contributed by atoms with Gasteiger partial charge in [0.2, 0.25) is 0 Å². The fourth-order valence-electron chi connectivity index (χ4n) is 2.52. The predicted octanol–water partition coefficient (Wildman–Crippen LogP) is 3.94. The summed E-state index contributed by atoms with van der Waals surface area (Å²) in [4.78, 5) is 12.8. The summed E-state index contributed by atoms with van der Waals surface area (Å²) >= 11 is 0. The van der Waals surface area contributed by atoms with Gasteiger partial charge >= 0.3 is 0 Å². The first-order chi connectivity index (χ1) is 10.6. The maximum atomic E-state index is 12.8. The van der Waals surface area contributed by atoms with Crippen LogP contribution in [-0.4, -0.2) is 18.0 Å². The summed E-state index contributed by atoms with van der Waals surface area (Å²) in [7, 11) is 1.58. The summed E-state index contributed by atoms with van der Waals surface area (Å²) < 4.78 is 10.8. The van der Waals surface area contributed by atoms with Crippen molar-refractivity contribution in [3.63, 3.8) is 0 Å². The highest BCUT2D eigenvalue weighted by atomic mass is 16.5. The van der Waals surface area contributed by atoms with Crippen molar-refractivity contribution in [2.75, 3.05) is 7.11 Å². The van der Waals surface area contributed by atoms with Gasteiger partial charge in [0, 0.05) is 17.4 Å². The van der Waals surface area contributed by atoms with Crippen LogP contribution in [0.1, 0.15) is 28.6 Å². The molecule has 4 nitrogen and oxygen atoms in total. The Bertz CT molecular complexity index is 828. The van der Waals surface area contributed by atoms with E-state index in [1.807, 2.05) is 6.92 Å². The molecule has 4 heteroatoms. The normalized spacial score (nSPS) is 10.8. The van der Waals surface area contributed by atoms with E-state index in [0.717, 1.165) is 0 Å². The lowest BCUT2D eigenvalue weighted by Gasteiger charge is -2.04. The number of ketones is 1. The molecule has 3 aromatic rings. The fraction of sp³-hybridized carbons (Fsp3) is 0.167. The van der Waals surface area contributed by atoms with Gasteiger partial charge in [0.25, 0.3) is 0 Å². The molecule has 1 N–H and O–H groups in total. The van der Waals surface area contributed by atoms with E-state index >= 15 is 0 Å². The molecule has 0 radical (unpaired) electrons. The van der Waals surface area contributed by atoms with Gasteiger partial charge in [-0.2, -0.15) is 0 Å². The van der Waals surface area contributed by atoms with Gasteiger partial charge in [0.05, 0.1) is 12.7 Å². The lowest BCUT2D eigenvalue weighted by atomic mass is 9.99. The summed E-state index contributed by atoms with van der Waals surface area (Å²) in [6.45, 7) is 1.93. The molecule has 22 heavy (non-hydrogen) atoms. The smallest absolute Gasteiger partial charge is 0.197 e. The number of phenols is 1. The molecule has 0 aliphatic heterocycles. The van der Waals surface area contributed by atoms with Crippen LogP contribution < -0.4 is 4.74 Å². The van der Waals surface area contributed by atoms with E-state index in [2.05, 4.69) is 0 Å². The van der Waals surface area contributed by atoms with Crippen LogP contribution in [0.2, 0.25) is 0 Å². The number of benzene rings is 2. The molecular formula is C18H16O4. The third kappa shape index (κ3) is 2.33. The fourth-order valence-corrected chi connectivity index (χ4v) is 2.52. The van der Waals surface area contributed by atoms with Gasteiger partial charge in [-0.3, -0.25) is 4.79 Å². The van der Waals surface area contributed by atoms with Crippen LogP contribution in [0.15, 0.2) is 46.9 Å². The number of aryl methyl sites for hydroxylation is 1. The molecule has 2 aromatic carbocycles. The summed E-state index contributed by atoms with van der Waals surface area (Å²) in [6, 6.07) is 11.7. The van der Waals surface area contributed by atoms with Crippen molar-refractivity contribution in [2.45, 2.75) is 13.3 Å². The molecule has 0 saturated carbocycles. The summed E-state index contributed by atoms with van der Waals surface area (Å²) in [6.07, 6.45) is 0.604. The molecule has 112 valence electrons. The first-order valence-electron chi connectivity index (χ1n) is 7.07. The summed E-state index contributed by atoms with van der Waals surface area (Å²) in [5, 5.41) is 10.3. The van der Waals surface area contributed by atoms with Crippen molar-refractivity contribution < 1.29 is 19.1 Å². The van der Waals surface area contributed by atoms with Crippen LogP contribution in [-0.2, 0) is 6.42 Å². The topological polar surface area (TPSA) is 59.7 Å². The third-order valence-electron chi connectivity index (χ3n) is 3.64. The number of phenolic OH excluding ortho intramolecular Hbond substituents is 1. The van der Waals surface area contributed by atoms with E-state index < -0.39 is 0 Å². The molecule has 0 fully saturated rings. The summed E-state index contributed by atoms with van der Waals surface area (Å²) in [5.41, 5.74) is 1.67. The van der Waals surface area contributed by atoms with Crippen LogP contribution >= 0.6 is 0 Å². The third-order valence-corrected chi connectivity index (χ3v) is 3.64. The molecule has 0 amide bonds. The second kappa shape index (κ2) is 5.56. The first kappa shape index (κ1) is 14.2. The van der Waals surface area contributed by atoms with Crippen molar-refractivity contribution in [1.29, 1.82) is 0 Å². The number of furan rings is 1. The van der Waals surface area contributed by atoms with Gasteiger partial charge in [-0.25, -0.2) is 0 Å². The zero-order chi connectivity index (χ0) is 15.7. The Morgan fingerprint density at radius 3 is 2.55 bits per heavy atom. The number of ether oxygens (including phenoxy) is 1. The molecule has 0 bridgehead atoms. The Kier molecular flexibility index (Phi) is 3.59. The van der Waals surface area contributed by atoms with E-state index in [4.69, 9.17) is 9.15 Å². The lowest BCUT2D eigenvalue weighted by Crippen LogP contribution is -2.03. The highest BCUT2D eigenvalue weighted by Gasteiger charge is 2.21. The zero-order valence-electron chi connectivity index (χ0n) is 12.4. The van der Waals surface area contributed by atoms with Crippen molar-refractivity contribution in [1.82, 2.24) is 0 Å². The molecule has 0 aliphatic rings. The maximum Gasteiger partial charge on any atom is 0.197 e. The second-order valence-electron chi connectivity index (χ2n) is 4.99. The number of aromatic hydroxyl groups is 1. The van der Waals surface area contributed by atoms with Gasteiger partial charge in [-0.1, -0.05) is 6.92 Å². The van der Waals surface area contributed by atoms with E-state index in [1.165, 1.54) is 0 Å². The van der Waals surface area contributed by atoms with Gasteiger partial charge < -0.3 is 14.3 Å². The van der Waals surface area contributed by atoms with Gasteiger partial charge in [-0.05, 0) is 42.5 Å². The van der Waals surface area contributed by atoms with Crippen molar-refractivity contribution in [3.05, 3.63) is 59.4 Å².